The average molecular weight is 369 g/mol. The van der Waals surface area contributed by atoms with Crippen LogP contribution in [0, 0.1) is 5.92 Å². The van der Waals surface area contributed by atoms with Crippen LogP contribution in [0.2, 0.25) is 0 Å². The summed E-state index contributed by atoms with van der Waals surface area (Å²) in [6.45, 7) is 3.33. The van der Waals surface area contributed by atoms with Crippen LogP contribution in [-0.2, 0) is 4.79 Å². The number of ether oxygens (including phenoxy) is 1. The Morgan fingerprint density at radius 2 is 1.59 bits per heavy atom. The van der Waals surface area contributed by atoms with Crippen molar-refractivity contribution in [1.82, 2.24) is 5.32 Å². The van der Waals surface area contributed by atoms with Gasteiger partial charge in [-0.25, -0.2) is 0 Å². The van der Waals surface area contributed by atoms with Gasteiger partial charge in [0.1, 0.15) is 5.75 Å². The third kappa shape index (κ3) is 5.07. The van der Waals surface area contributed by atoms with Crippen molar-refractivity contribution in [2.75, 3.05) is 12.4 Å². The van der Waals surface area contributed by atoms with E-state index in [2.05, 4.69) is 10.6 Å². The fourth-order valence-corrected chi connectivity index (χ4v) is 2.44. The zero-order valence-corrected chi connectivity index (χ0v) is 15.3. The van der Waals surface area contributed by atoms with Crippen LogP contribution in [-0.4, -0.2) is 30.9 Å². The number of carbonyl (C=O) groups is 3. The van der Waals surface area contributed by atoms with Gasteiger partial charge < -0.3 is 25.3 Å². The molecule has 2 aromatic carbocycles. The second-order valence-corrected chi connectivity index (χ2v) is 6.24. The largest absolute Gasteiger partial charge is 0.548 e. The number of amides is 2. The number of anilines is 1. The number of carboxylic acid groups (broad SMARTS) is 1. The van der Waals surface area contributed by atoms with Gasteiger partial charge in [0.2, 0.25) is 0 Å². The first-order valence-electron chi connectivity index (χ1n) is 8.39. The molecular weight excluding hydrogens is 348 g/mol. The molecule has 2 N–H and O–H groups in total. The molecule has 0 unspecified atom stereocenters. The van der Waals surface area contributed by atoms with Gasteiger partial charge in [-0.1, -0.05) is 26.0 Å². The van der Waals surface area contributed by atoms with Crippen LogP contribution in [0.4, 0.5) is 5.69 Å². The minimum Gasteiger partial charge on any atom is -0.548 e. The van der Waals surface area contributed by atoms with E-state index < -0.39 is 23.8 Å². The number of methoxy groups -OCH3 is 1. The van der Waals surface area contributed by atoms with Crippen LogP contribution >= 0.6 is 0 Å². The Morgan fingerprint density at radius 3 is 2.15 bits per heavy atom. The summed E-state index contributed by atoms with van der Waals surface area (Å²) in [5.41, 5.74) is 0.823. The maximum absolute atomic E-state index is 12.5. The van der Waals surface area contributed by atoms with Crippen molar-refractivity contribution >= 4 is 23.5 Å². The minimum atomic E-state index is -1.36. The van der Waals surface area contributed by atoms with Crippen molar-refractivity contribution in [3.63, 3.8) is 0 Å². The molecule has 0 radical (unpaired) electrons. The number of rotatable bonds is 7. The lowest BCUT2D eigenvalue weighted by molar-refractivity contribution is -0.309. The molecule has 7 heteroatoms. The Labute approximate surface area is 157 Å². The van der Waals surface area contributed by atoms with E-state index in [1.807, 2.05) is 0 Å². The Kier molecular flexibility index (Phi) is 6.54. The Balaban J connectivity index is 2.20. The number of benzene rings is 2. The van der Waals surface area contributed by atoms with Crippen molar-refractivity contribution < 1.29 is 24.2 Å². The van der Waals surface area contributed by atoms with Gasteiger partial charge in [-0.2, -0.15) is 0 Å². The van der Waals surface area contributed by atoms with Gasteiger partial charge in [-0.05, 0) is 42.3 Å². The van der Waals surface area contributed by atoms with E-state index in [-0.39, 0.29) is 17.2 Å². The van der Waals surface area contributed by atoms with E-state index in [0.717, 1.165) is 0 Å². The maximum atomic E-state index is 12.5. The lowest BCUT2D eigenvalue weighted by Gasteiger charge is -2.23. The molecule has 0 saturated heterocycles. The molecule has 0 bridgehead atoms. The number of carboxylic acids is 1. The molecule has 1 atom stereocenters. The zero-order valence-electron chi connectivity index (χ0n) is 15.3. The fraction of sp³-hybridized carbons (Fsp3) is 0.250. The molecule has 0 fully saturated rings. The van der Waals surface area contributed by atoms with E-state index >= 15 is 0 Å². The smallest absolute Gasteiger partial charge is 0.255 e. The summed E-state index contributed by atoms with van der Waals surface area (Å²) >= 11 is 0. The van der Waals surface area contributed by atoms with Crippen LogP contribution < -0.4 is 20.5 Å². The lowest BCUT2D eigenvalue weighted by Crippen LogP contribution is -2.50. The Hall–Kier alpha value is -3.35. The monoisotopic (exact) mass is 369 g/mol. The van der Waals surface area contributed by atoms with Crippen molar-refractivity contribution in [2.24, 2.45) is 5.92 Å². The zero-order chi connectivity index (χ0) is 20.0. The highest BCUT2D eigenvalue weighted by Gasteiger charge is 2.20. The van der Waals surface area contributed by atoms with Crippen molar-refractivity contribution in [2.45, 2.75) is 19.9 Å². The summed E-state index contributed by atoms with van der Waals surface area (Å²) < 4.78 is 5.06. The predicted molar refractivity (Wildman–Crippen MR) is 98.5 cm³/mol. The van der Waals surface area contributed by atoms with Crippen LogP contribution in [0.1, 0.15) is 34.6 Å². The number of para-hydroxylation sites is 1. The van der Waals surface area contributed by atoms with E-state index in [9.17, 15) is 19.5 Å². The van der Waals surface area contributed by atoms with Crippen LogP contribution in [0.15, 0.2) is 48.5 Å². The van der Waals surface area contributed by atoms with Crippen molar-refractivity contribution in [3.8, 4) is 5.75 Å². The van der Waals surface area contributed by atoms with Gasteiger partial charge in [0.05, 0.1) is 30.4 Å². The summed E-state index contributed by atoms with van der Waals surface area (Å²) in [7, 11) is 1.53. The van der Waals surface area contributed by atoms with Gasteiger partial charge in [0.15, 0.2) is 0 Å². The van der Waals surface area contributed by atoms with Gasteiger partial charge >= 0.3 is 0 Å². The fourth-order valence-electron chi connectivity index (χ4n) is 2.44. The summed E-state index contributed by atoms with van der Waals surface area (Å²) in [5, 5.41) is 16.3. The quantitative estimate of drug-likeness (QED) is 0.768. The standard InChI is InChI=1S/C20H22N2O5/c1-12(2)17(20(25)26)22-19(24)15-6-4-5-7-16(15)21-18(23)13-8-10-14(27-3)11-9-13/h4-12,17H,1-3H3,(H,21,23)(H,22,24)(H,25,26)/p-1/t17-/m1/s1. The molecule has 0 aliphatic heterocycles. The normalized spacial score (nSPS) is 11.6. The summed E-state index contributed by atoms with van der Waals surface area (Å²) in [6, 6.07) is 11.7. The highest BCUT2D eigenvalue weighted by molar-refractivity contribution is 6.09. The maximum Gasteiger partial charge on any atom is 0.255 e. The molecule has 0 heterocycles. The number of hydrogen-bond acceptors (Lipinski definition) is 5. The number of aliphatic carboxylic acids is 1. The molecule has 0 saturated carbocycles. The van der Waals surface area contributed by atoms with E-state index in [1.54, 1.807) is 56.3 Å². The average Bonchev–Trinajstić information content (AvgIpc) is 2.65. The second kappa shape index (κ2) is 8.84. The molecule has 7 nitrogen and oxygen atoms in total. The molecule has 142 valence electrons. The molecule has 2 rings (SSSR count). The summed E-state index contributed by atoms with van der Waals surface area (Å²) in [6.07, 6.45) is 0. The lowest BCUT2D eigenvalue weighted by atomic mass is 10.0. The topological polar surface area (TPSA) is 108 Å². The first-order chi connectivity index (χ1) is 12.8. The Morgan fingerprint density at radius 1 is 0.963 bits per heavy atom. The second-order valence-electron chi connectivity index (χ2n) is 6.24. The van der Waals surface area contributed by atoms with Gasteiger partial charge in [-0.3, -0.25) is 9.59 Å². The molecule has 0 aliphatic rings. The van der Waals surface area contributed by atoms with E-state index in [4.69, 9.17) is 4.74 Å². The van der Waals surface area contributed by atoms with Crippen molar-refractivity contribution in [3.05, 3.63) is 59.7 Å². The predicted octanol–water partition coefficient (Wildman–Crippen LogP) is 1.45. The summed E-state index contributed by atoms with van der Waals surface area (Å²) in [4.78, 5) is 36.2. The van der Waals surface area contributed by atoms with Crippen LogP contribution in [0.5, 0.6) is 5.75 Å². The first kappa shape index (κ1) is 20.0. The highest BCUT2D eigenvalue weighted by Crippen LogP contribution is 2.18. The van der Waals surface area contributed by atoms with Crippen molar-refractivity contribution in [1.29, 1.82) is 0 Å². The third-order valence-corrected chi connectivity index (χ3v) is 3.98. The number of hydrogen-bond donors (Lipinski definition) is 2. The molecule has 0 aliphatic carbocycles. The minimum absolute atomic E-state index is 0.159. The molecule has 0 spiro atoms. The first-order valence-corrected chi connectivity index (χ1v) is 8.39. The van der Waals surface area contributed by atoms with E-state index in [0.29, 0.717) is 11.3 Å². The highest BCUT2D eigenvalue weighted by atomic mass is 16.5. The van der Waals surface area contributed by atoms with Gasteiger partial charge in [0.25, 0.3) is 11.8 Å². The Bertz CT molecular complexity index is 831. The van der Waals surface area contributed by atoms with Crippen LogP contribution in [0.25, 0.3) is 0 Å². The van der Waals surface area contributed by atoms with Gasteiger partial charge in [0, 0.05) is 5.56 Å². The SMILES string of the molecule is COc1ccc(C(=O)Nc2ccccc2C(=O)N[C@@H](C(=O)[O-])C(C)C)cc1. The molecule has 0 aromatic heterocycles. The molecule has 2 amide bonds. The van der Waals surface area contributed by atoms with Crippen LogP contribution in [0.3, 0.4) is 0 Å². The van der Waals surface area contributed by atoms with E-state index in [1.165, 1.54) is 13.2 Å². The molecule has 27 heavy (non-hydrogen) atoms. The number of carbonyl (C=O) groups excluding carboxylic acids is 3. The molecule has 2 aromatic rings. The summed E-state index contributed by atoms with van der Waals surface area (Å²) in [5.74, 6) is -2.10. The van der Waals surface area contributed by atoms with Gasteiger partial charge in [-0.15, -0.1) is 0 Å². The number of nitrogens with one attached hydrogen (secondary N) is 2. The third-order valence-electron chi connectivity index (χ3n) is 3.98. The molecular formula is C20H21N2O5-.